The molecule has 0 spiro atoms. The van der Waals surface area contributed by atoms with Gasteiger partial charge in [-0.1, -0.05) is 34.1 Å². The lowest BCUT2D eigenvalue weighted by Gasteiger charge is -2.26. The predicted octanol–water partition coefficient (Wildman–Crippen LogP) is -3.85. The molecule has 0 aromatic rings. The van der Waals surface area contributed by atoms with Crippen LogP contribution in [0.2, 0.25) is 0 Å². The van der Waals surface area contributed by atoms with Gasteiger partial charge in [-0.2, -0.15) is 0 Å². The van der Waals surface area contributed by atoms with Crippen LogP contribution < -0.4 is 37.6 Å². The van der Waals surface area contributed by atoms with Crippen molar-refractivity contribution in [2.24, 2.45) is 17.6 Å². The number of nitrogens with two attached hydrogens (primary N) is 1. The fourth-order valence-electron chi connectivity index (χ4n) is 3.66. The van der Waals surface area contributed by atoms with E-state index in [1.807, 2.05) is 0 Å². The summed E-state index contributed by atoms with van der Waals surface area (Å²) >= 11 is 0. The Kier molecular flexibility index (Phi) is 17.8. The minimum absolute atomic E-state index is 0.0745. The van der Waals surface area contributed by atoms with Crippen molar-refractivity contribution in [2.45, 2.75) is 84.1 Å². The first-order chi connectivity index (χ1) is 20.5. The molecule has 0 aliphatic carbocycles. The fraction of sp³-hybridized carbons (Fsp3) is 0.692. The Hall–Kier alpha value is -4.32. The number of amides is 6. The summed E-state index contributed by atoms with van der Waals surface area (Å²) in [5, 5.41) is 41.5. The lowest BCUT2D eigenvalue weighted by molar-refractivity contribution is -0.142. The molecule has 6 unspecified atom stereocenters. The zero-order valence-corrected chi connectivity index (χ0v) is 25.5. The zero-order valence-electron chi connectivity index (χ0n) is 25.5. The van der Waals surface area contributed by atoms with Gasteiger partial charge in [0.05, 0.1) is 26.1 Å². The molecule has 0 aromatic heterocycles. The van der Waals surface area contributed by atoms with Crippen LogP contribution in [0.25, 0.3) is 0 Å². The zero-order chi connectivity index (χ0) is 34.1. The first-order valence-corrected chi connectivity index (χ1v) is 14.0. The molecule has 18 heteroatoms. The SMILES string of the molecule is CCC(C)C(NC(=O)C(CO)NC(=O)CNC(=O)C(CC(C)C)NC(=O)C(CC(=O)O)NC(=O)CN)C(=O)NC(C)C(=O)O. The minimum Gasteiger partial charge on any atom is -0.481 e. The number of carbonyl (C=O) groups is 8. The second kappa shape index (κ2) is 19.8. The molecule has 0 rings (SSSR count). The molecule has 0 aromatic carbocycles. The van der Waals surface area contributed by atoms with Crippen LogP contribution in [0.5, 0.6) is 0 Å². The van der Waals surface area contributed by atoms with Gasteiger partial charge in [0.15, 0.2) is 0 Å². The Morgan fingerprint density at radius 3 is 1.75 bits per heavy atom. The van der Waals surface area contributed by atoms with Crippen molar-refractivity contribution >= 4 is 47.4 Å². The highest BCUT2D eigenvalue weighted by atomic mass is 16.4. The van der Waals surface area contributed by atoms with Gasteiger partial charge >= 0.3 is 11.9 Å². The van der Waals surface area contributed by atoms with Crippen molar-refractivity contribution in [3.05, 3.63) is 0 Å². The third-order valence-electron chi connectivity index (χ3n) is 6.34. The van der Waals surface area contributed by atoms with Crippen LogP contribution in [0.3, 0.4) is 0 Å². The van der Waals surface area contributed by atoms with Crippen LogP contribution in [-0.2, 0) is 38.4 Å². The number of aliphatic carboxylic acids is 2. The van der Waals surface area contributed by atoms with E-state index in [0.29, 0.717) is 6.42 Å². The Morgan fingerprint density at radius 1 is 0.705 bits per heavy atom. The summed E-state index contributed by atoms with van der Waals surface area (Å²) in [5.41, 5.74) is 5.21. The Balaban J connectivity index is 5.43. The number of hydrogen-bond donors (Lipinski definition) is 10. The Bertz CT molecular complexity index is 1050. The van der Waals surface area contributed by atoms with Gasteiger partial charge in [0.25, 0.3) is 0 Å². The molecule has 18 nitrogen and oxygen atoms in total. The van der Waals surface area contributed by atoms with Crippen molar-refractivity contribution in [3.63, 3.8) is 0 Å². The summed E-state index contributed by atoms with van der Waals surface area (Å²) in [6, 6.07) is -6.71. The number of aliphatic hydroxyl groups excluding tert-OH is 1. The molecule has 0 radical (unpaired) electrons. The van der Waals surface area contributed by atoms with Crippen molar-refractivity contribution < 1.29 is 53.7 Å². The predicted molar refractivity (Wildman–Crippen MR) is 153 cm³/mol. The third-order valence-corrected chi connectivity index (χ3v) is 6.34. The Morgan fingerprint density at radius 2 is 1.27 bits per heavy atom. The van der Waals surface area contributed by atoms with E-state index >= 15 is 0 Å². The molecule has 44 heavy (non-hydrogen) atoms. The highest BCUT2D eigenvalue weighted by Gasteiger charge is 2.32. The van der Waals surface area contributed by atoms with Gasteiger partial charge in [-0.25, -0.2) is 0 Å². The van der Waals surface area contributed by atoms with Gasteiger partial charge in [-0.05, 0) is 25.2 Å². The van der Waals surface area contributed by atoms with Gasteiger partial charge < -0.3 is 53.0 Å². The van der Waals surface area contributed by atoms with Gasteiger partial charge in [0.1, 0.15) is 30.2 Å². The number of carboxylic acids is 2. The first kappa shape index (κ1) is 39.7. The normalized spacial score (nSPS) is 14.9. The van der Waals surface area contributed by atoms with Crippen LogP contribution in [-0.4, -0.2) is 113 Å². The van der Waals surface area contributed by atoms with E-state index in [2.05, 4.69) is 31.9 Å². The standard InChI is InChI=1S/C26H45N7O11/c1-6-13(4)21(25(42)29-14(5)26(43)44)33-24(41)17(11-34)31-19(36)10-28-22(39)15(7-12(2)3)32-23(40)16(8-20(37)38)30-18(35)9-27/h12-17,21,34H,6-11,27H2,1-5H3,(H,28,39)(H,29,42)(H,30,35)(H,31,36)(H,32,40)(H,33,41)(H,37,38)(H,43,44). The fourth-order valence-corrected chi connectivity index (χ4v) is 3.66. The number of hydrogen-bond acceptors (Lipinski definition) is 10. The third kappa shape index (κ3) is 14.7. The number of nitrogens with one attached hydrogen (secondary N) is 6. The average Bonchev–Trinajstić information content (AvgIpc) is 2.95. The van der Waals surface area contributed by atoms with Crippen LogP contribution in [0, 0.1) is 11.8 Å². The van der Waals surface area contributed by atoms with E-state index in [1.54, 1.807) is 27.7 Å². The summed E-state index contributed by atoms with van der Waals surface area (Å²) in [5.74, 6) is -8.47. The number of aliphatic hydroxyl groups is 1. The van der Waals surface area contributed by atoms with Gasteiger partial charge in [-0.3, -0.25) is 38.4 Å². The van der Waals surface area contributed by atoms with Crippen LogP contribution in [0.1, 0.15) is 53.9 Å². The number of carbonyl (C=O) groups excluding carboxylic acids is 6. The molecule has 0 fully saturated rings. The van der Waals surface area contributed by atoms with E-state index in [1.165, 1.54) is 6.92 Å². The molecular weight excluding hydrogens is 586 g/mol. The largest absolute Gasteiger partial charge is 0.481 e. The second-order valence-electron chi connectivity index (χ2n) is 10.6. The maximum Gasteiger partial charge on any atom is 0.325 e. The van der Waals surface area contributed by atoms with Crippen molar-refractivity contribution in [3.8, 4) is 0 Å². The van der Waals surface area contributed by atoms with Crippen LogP contribution in [0.15, 0.2) is 0 Å². The van der Waals surface area contributed by atoms with Gasteiger partial charge in [-0.15, -0.1) is 0 Å². The molecule has 6 atom stereocenters. The number of carboxylic acid groups (broad SMARTS) is 2. The molecule has 6 amide bonds. The van der Waals surface area contributed by atoms with Crippen LogP contribution >= 0.6 is 0 Å². The highest BCUT2D eigenvalue weighted by molar-refractivity contribution is 5.96. The highest BCUT2D eigenvalue weighted by Crippen LogP contribution is 2.09. The van der Waals surface area contributed by atoms with Crippen LogP contribution in [0.4, 0.5) is 0 Å². The van der Waals surface area contributed by atoms with Crippen molar-refractivity contribution in [1.29, 1.82) is 0 Å². The maximum atomic E-state index is 12.9. The van der Waals surface area contributed by atoms with E-state index in [-0.39, 0.29) is 12.3 Å². The monoisotopic (exact) mass is 631 g/mol. The van der Waals surface area contributed by atoms with Crippen molar-refractivity contribution in [1.82, 2.24) is 31.9 Å². The smallest absolute Gasteiger partial charge is 0.325 e. The summed E-state index contributed by atoms with van der Waals surface area (Å²) in [7, 11) is 0. The molecule has 0 saturated heterocycles. The lowest BCUT2D eigenvalue weighted by atomic mass is 9.97. The number of rotatable bonds is 20. The van der Waals surface area contributed by atoms with Crippen molar-refractivity contribution in [2.75, 3.05) is 19.7 Å². The second-order valence-corrected chi connectivity index (χ2v) is 10.6. The van der Waals surface area contributed by atoms with E-state index in [4.69, 9.17) is 15.9 Å². The molecule has 0 aliphatic heterocycles. The van der Waals surface area contributed by atoms with Gasteiger partial charge in [0.2, 0.25) is 35.4 Å². The van der Waals surface area contributed by atoms with E-state index in [9.17, 15) is 43.5 Å². The molecule has 250 valence electrons. The van der Waals surface area contributed by atoms with E-state index in [0.717, 1.165) is 0 Å². The maximum absolute atomic E-state index is 12.9. The summed E-state index contributed by atoms with van der Waals surface area (Å²) in [4.78, 5) is 97.4. The molecule has 0 saturated carbocycles. The minimum atomic E-state index is -1.54. The topological polar surface area (TPSA) is 295 Å². The molecule has 11 N–H and O–H groups in total. The molecular formula is C26H45N7O11. The Labute approximate surface area is 254 Å². The first-order valence-electron chi connectivity index (χ1n) is 14.0. The lowest BCUT2D eigenvalue weighted by Crippen LogP contribution is -2.59. The average molecular weight is 632 g/mol. The molecule has 0 bridgehead atoms. The molecule has 0 aliphatic rings. The summed E-state index contributed by atoms with van der Waals surface area (Å²) in [6.45, 7) is 6.03. The van der Waals surface area contributed by atoms with E-state index < -0.39 is 110 Å². The van der Waals surface area contributed by atoms with Gasteiger partial charge in [0, 0.05) is 0 Å². The summed E-state index contributed by atoms with van der Waals surface area (Å²) in [6.07, 6.45) is -0.281. The summed E-state index contributed by atoms with van der Waals surface area (Å²) < 4.78 is 0. The quantitative estimate of drug-likeness (QED) is 0.0618. The molecule has 0 heterocycles.